The summed E-state index contributed by atoms with van der Waals surface area (Å²) in [5, 5.41) is 13.9. The van der Waals surface area contributed by atoms with Crippen LogP contribution in [0.5, 0.6) is 11.5 Å². The molecule has 0 saturated carbocycles. The van der Waals surface area contributed by atoms with Crippen molar-refractivity contribution in [3.8, 4) is 11.5 Å². The summed E-state index contributed by atoms with van der Waals surface area (Å²) >= 11 is 0. The molecule has 1 N–H and O–H groups in total. The van der Waals surface area contributed by atoms with Crippen molar-refractivity contribution in [1.29, 1.82) is 0 Å². The molecule has 1 saturated heterocycles. The van der Waals surface area contributed by atoms with Crippen molar-refractivity contribution in [2.24, 2.45) is 0 Å². The summed E-state index contributed by atoms with van der Waals surface area (Å²) in [5.41, 5.74) is 1.02. The Hall–Kier alpha value is -3.46. The molecule has 1 aliphatic rings. The molecule has 170 valence electrons. The molecule has 0 radical (unpaired) electrons. The van der Waals surface area contributed by atoms with Crippen LogP contribution in [-0.4, -0.2) is 54.5 Å². The Morgan fingerprint density at radius 2 is 1.81 bits per heavy atom. The molecular weight excluding hydrogens is 414 g/mol. The lowest BCUT2D eigenvalue weighted by molar-refractivity contribution is -0.384. The molecule has 1 aliphatic heterocycles. The van der Waals surface area contributed by atoms with Crippen LogP contribution in [0.25, 0.3) is 0 Å². The summed E-state index contributed by atoms with van der Waals surface area (Å²) in [5.74, 6) is 0.539. The summed E-state index contributed by atoms with van der Waals surface area (Å²) in [7, 11) is 1.83. The molecule has 2 aromatic rings. The van der Waals surface area contributed by atoms with Crippen molar-refractivity contribution in [2.45, 2.75) is 31.7 Å². The number of likely N-dealkylation sites (N-methyl/N-ethyl adjacent to an activating group) is 1. The van der Waals surface area contributed by atoms with Crippen molar-refractivity contribution < 1.29 is 24.0 Å². The SMILES string of the molecule is CN(CCc1ccc(OCCC(=O)Oc2ccc([N+](=O)[O-])cc2)cc1)C(=O)C1CCCN1. The number of rotatable bonds is 10. The summed E-state index contributed by atoms with van der Waals surface area (Å²) in [4.78, 5) is 36.1. The standard InChI is InChI=1S/C23H27N3O6/c1-25(23(28)21-3-2-14-24-21)15-12-17-4-8-19(9-5-17)31-16-13-22(27)32-20-10-6-18(7-11-20)26(29)30/h4-11,21,24H,2-3,12-16H2,1H3. The van der Waals surface area contributed by atoms with Gasteiger partial charge in [0.1, 0.15) is 11.5 Å². The molecule has 1 unspecified atom stereocenters. The lowest BCUT2D eigenvalue weighted by atomic mass is 10.1. The van der Waals surface area contributed by atoms with E-state index in [4.69, 9.17) is 9.47 Å². The van der Waals surface area contributed by atoms with Gasteiger partial charge in [-0.3, -0.25) is 19.7 Å². The number of hydrogen-bond acceptors (Lipinski definition) is 7. The first-order valence-corrected chi connectivity index (χ1v) is 10.6. The van der Waals surface area contributed by atoms with Gasteiger partial charge in [-0.2, -0.15) is 0 Å². The summed E-state index contributed by atoms with van der Waals surface area (Å²) in [6.07, 6.45) is 2.73. The van der Waals surface area contributed by atoms with Crippen LogP contribution in [0.2, 0.25) is 0 Å². The first-order chi connectivity index (χ1) is 15.4. The third-order valence-corrected chi connectivity index (χ3v) is 5.25. The van der Waals surface area contributed by atoms with Crippen LogP contribution in [0.1, 0.15) is 24.8 Å². The third kappa shape index (κ3) is 6.78. The number of ether oxygens (including phenoxy) is 2. The largest absolute Gasteiger partial charge is 0.493 e. The molecule has 0 aliphatic carbocycles. The molecule has 3 rings (SSSR count). The Bertz CT molecular complexity index is 924. The van der Waals surface area contributed by atoms with Gasteiger partial charge in [-0.05, 0) is 55.6 Å². The van der Waals surface area contributed by atoms with Gasteiger partial charge in [0.05, 0.1) is 24.0 Å². The van der Waals surface area contributed by atoms with Crippen molar-refractivity contribution in [2.75, 3.05) is 26.7 Å². The van der Waals surface area contributed by atoms with E-state index in [0.717, 1.165) is 31.4 Å². The molecule has 9 heteroatoms. The lowest BCUT2D eigenvalue weighted by Gasteiger charge is -2.21. The molecule has 32 heavy (non-hydrogen) atoms. The van der Waals surface area contributed by atoms with Crippen molar-refractivity contribution >= 4 is 17.6 Å². The van der Waals surface area contributed by atoms with Crippen molar-refractivity contribution in [3.05, 3.63) is 64.2 Å². The predicted octanol–water partition coefficient (Wildman–Crippen LogP) is 2.72. The monoisotopic (exact) mass is 441 g/mol. The van der Waals surface area contributed by atoms with E-state index in [0.29, 0.717) is 12.3 Å². The maximum absolute atomic E-state index is 12.3. The highest BCUT2D eigenvalue weighted by molar-refractivity contribution is 5.81. The smallest absolute Gasteiger partial charge is 0.314 e. The van der Waals surface area contributed by atoms with Gasteiger partial charge < -0.3 is 19.7 Å². The molecule has 1 heterocycles. The number of carbonyl (C=O) groups excluding carboxylic acids is 2. The number of nitrogens with zero attached hydrogens (tertiary/aromatic N) is 2. The zero-order valence-electron chi connectivity index (χ0n) is 18.0. The van der Waals surface area contributed by atoms with Gasteiger partial charge in [0, 0.05) is 25.7 Å². The Morgan fingerprint density at radius 1 is 1.12 bits per heavy atom. The topological polar surface area (TPSA) is 111 Å². The van der Waals surface area contributed by atoms with E-state index in [1.807, 2.05) is 31.3 Å². The Kier molecular flexibility index (Phi) is 8.15. The van der Waals surface area contributed by atoms with Crippen molar-refractivity contribution in [3.63, 3.8) is 0 Å². The summed E-state index contributed by atoms with van der Waals surface area (Å²) in [6.45, 7) is 1.70. The number of non-ortho nitro benzene ring substituents is 1. The minimum absolute atomic E-state index is 0.0425. The van der Waals surface area contributed by atoms with Gasteiger partial charge >= 0.3 is 5.97 Å². The summed E-state index contributed by atoms with van der Waals surface area (Å²) in [6, 6.07) is 12.8. The number of hydrogen-bond donors (Lipinski definition) is 1. The van der Waals surface area contributed by atoms with E-state index in [1.54, 1.807) is 4.90 Å². The second-order valence-corrected chi connectivity index (χ2v) is 7.63. The van der Waals surface area contributed by atoms with Gasteiger partial charge in [-0.15, -0.1) is 0 Å². The molecular formula is C23H27N3O6. The fourth-order valence-corrected chi connectivity index (χ4v) is 3.39. The van der Waals surface area contributed by atoms with E-state index < -0.39 is 10.9 Å². The minimum Gasteiger partial charge on any atom is -0.493 e. The minimum atomic E-state index is -0.517. The van der Waals surface area contributed by atoms with Gasteiger partial charge in [0.15, 0.2) is 0 Å². The van der Waals surface area contributed by atoms with Gasteiger partial charge in [0.2, 0.25) is 5.91 Å². The number of nitro benzene ring substituents is 1. The number of carbonyl (C=O) groups is 2. The molecule has 9 nitrogen and oxygen atoms in total. The molecule has 1 atom stereocenters. The van der Waals surface area contributed by atoms with E-state index >= 15 is 0 Å². The van der Waals surface area contributed by atoms with E-state index in [1.165, 1.54) is 24.3 Å². The number of esters is 1. The van der Waals surface area contributed by atoms with E-state index in [-0.39, 0.29) is 36.4 Å². The summed E-state index contributed by atoms with van der Waals surface area (Å²) < 4.78 is 10.7. The highest BCUT2D eigenvalue weighted by Gasteiger charge is 2.24. The first-order valence-electron chi connectivity index (χ1n) is 10.6. The predicted molar refractivity (Wildman–Crippen MR) is 118 cm³/mol. The second kappa shape index (κ2) is 11.2. The molecule has 1 fully saturated rings. The molecule has 0 bridgehead atoms. The molecule has 0 aromatic heterocycles. The van der Waals surface area contributed by atoms with Crippen LogP contribution in [0.3, 0.4) is 0 Å². The fourth-order valence-electron chi connectivity index (χ4n) is 3.39. The van der Waals surface area contributed by atoms with Crippen LogP contribution in [0.4, 0.5) is 5.69 Å². The number of benzene rings is 2. The highest BCUT2D eigenvalue weighted by atomic mass is 16.6. The maximum atomic E-state index is 12.3. The quantitative estimate of drug-likeness (QED) is 0.261. The zero-order valence-corrected chi connectivity index (χ0v) is 18.0. The van der Waals surface area contributed by atoms with E-state index in [9.17, 15) is 19.7 Å². The molecule has 1 amide bonds. The van der Waals surface area contributed by atoms with Crippen LogP contribution < -0.4 is 14.8 Å². The lowest BCUT2D eigenvalue weighted by Crippen LogP contribution is -2.42. The van der Waals surface area contributed by atoms with Gasteiger partial charge in [-0.25, -0.2) is 0 Å². The Balaban J connectivity index is 1.36. The molecule has 0 spiro atoms. The zero-order chi connectivity index (χ0) is 22.9. The van der Waals surface area contributed by atoms with Crippen LogP contribution in [0, 0.1) is 10.1 Å². The maximum Gasteiger partial charge on any atom is 0.314 e. The van der Waals surface area contributed by atoms with Crippen LogP contribution in [-0.2, 0) is 16.0 Å². The van der Waals surface area contributed by atoms with Crippen LogP contribution >= 0.6 is 0 Å². The first kappa shape index (κ1) is 23.2. The highest BCUT2D eigenvalue weighted by Crippen LogP contribution is 2.18. The Labute approximate surface area is 186 Å². The molecule has 2 aromatic carbocycles. The number of nitrogens with one attached hydrogen (secondary N) is 1. The number of nitro groups is 1. The normalized spacial score (nSPS) is 15.2. The van der Waals surface area contributed by atoms with Gasteiger partial charge in [-0.1, -0.05) is 12.1 Å². The fraction of sp³-hybridized carbons (Fsp3) is 0.391. The third-order valence-electron chi connectivity index (χ3n) is 5.25. The van der Waals surface area contributed by atoms with Crippen LogP contribution in [0.15, 0.2) is 48.5 Å². The average molecular weight is 441 g/mol. The second-order valence-electron chi connectivity index (χ2n) is 7.63. The van der Waals surface area contributed by atoms with E-state index in [2.05, 4.69) is 5.32 Å². The number of amides is 1. The average Bonchev–Trinajstić information content (AvgIpc) is 3.33. The van der Waals surface area contributed by atoms with Gasteiger partial charge in [0.25, 0.3) is 5.69 Å². The Morgan fingerprint density at radius 3 is 2.44 bits per heavy atom. The van der Waals surface area contributed by atoms with Crippen molar-refractivity contribution in [1.82, 2.24) is 10.2 Å².